The number of benzene rings is 1. The van der Waals surface area contributed by atoms with Gasteiger partial charge in [-0.1, -0.05) is 6.07 Å². The molecule has 2 aromatic rings. The molecule has 2 N–H and O–H groups in total. The maximum absolute atomic E-state index is 12.3. The number of alkyl halides is 2. The number of carbonyl (C=O) groups is 1. The number of hydrogen-bond acceptors (Lipinski definition) is 7. The lowest BCUT2D eigenvalue weighted by atomic mass is 9.85. The highest BCUT2D eigenvalue weighted by molar-refractivity contribution is 5.92. The largest absolute Gasteiger partial charge is 0.435 e. The third kappa shape index (κ3) is 2.77. The van der Waals surface area contributed by atoms with Gasteiger partial charge in [-0.15, -0.1) is 0 Å². The van der Waals surface area contributed by atoms with Crippen LogP contribution in [0.4, 0.5) is 20.4 Å². The molecule has 0 bridgehead atoms. The van der Waals surface area contributed by atoms with Crippen molar-refractivity contribution in [1.82, 2.24) is 15.4 Å². The van der Waals surface area contributed by atoms with Gasteiger partial charge in [-0.3, -0.25) is 10.0 Å². The number of carbonyl (C=O) groups excluding carboxylic acids is 1. The molecule has 2 aliphatic rings. The third-order valence-electron chi connectivity index (χ3n) is 4.65. The predicted molar refractivity (Wildman–Crippen MR) is 86.6 cm³/mol. The summed E-state index contributed by atoms with van der Waals surface area (Å²) in [6.45, 7) is -1.44. The van der Waals surface area contributed by atoms with E-state index < -0.39 is 12.5 Å². The van der Waals surface area contributed by atoms with E-state index in [9.17, 15) is 13.6 Å². The summed E-state index contributed by atoms with van der Waals surface area (Å²) in [4.78, 5) is 23.7. The number of fused-ring (bicyclic) bond motifs is 1. The molecule has 1 aromatic carbocycles. The van der Waals surface area contributed by atoms with Gasteiger partial charge >= 0.3 is 6.61 Å². The fourth-order valence-electron chi connectivity index (χ4n) is 3.27. The van der Waals surface area contributed by atoms with E-state index >= 15 is 0 Å². The van der Waals surface area contributed by atoms with E-state index in [1.165, 1.54) is 23.9 Å². The first-order valence-corrected chi connectivity index (χ1v) is 7.91. The molecule has 0 spiro atoms. The highest BCUT2D eigenvalue weighted by Crippen LogP contribution is 2.39. The molecule has 1 aromatic heterocycles. The Morgan fingerprint density at radius 2 is 1.92 bits per heavy atom. The second-order valence-corrected chi connectivity index (χ2v) is 6.03. The van der Waals surface area contributed by atoms with Crippen molar-refractivity contribution in [2.45, 2.75) is 18.7 Å². The molecule has 2 fully saturated rings. The maximum Gasteiger partial charge on any atom is 0.387 e. The molecule has 2 unspecified atom stereocenters. The van der Waals surface area contributed by atoms with Crippen LogP contribution in [0.5, 0.6) is 5.75 Å². The number of nitrogens with zero attached hydrogens (tertiary/aromatic N) is 4. The molecule has 2 atom stereocenters. The van der Waals surface area contributed by atoms with E-state index in [0.29, 0.717) is 19.0 Å². The Morgan fingerprint density at radius 3 is 2.54 bits per heavy atom. The quantitative estimate of drug-likeness (QED) is 0.611. The van der Waals surface area contributed by atoms with E-state index in [0.717, 1.165) is 5.69 Å². The van der Waals surface area contributed by atoms with E-state index in [4.69, 9.17) is 5.21 Å². The lowest BCUT2D eigenvalue weighted by Gasteiger charge is -2.62. The smallest absolute Gasteiger partial charge is 0.387 e. The van der Waals surface area contributed by atoms with Crippen LogP contribution in [0.15, 0.2) is 36.7 Å². The Bertz CT molecular complexity index is 820. The number of rotatable bonds is 5. The molecule has 0 aliphatic carbocycles. The molecule has 136 valence electrons. The van der Waals surface area contributed by atoms with Gasteiger partial charge in [-0.2, -0.15) is 8.78 Å². The summed E-state index contributed by atoms with van der Waals surface area (Å²) in [6, 6.07) is 7.12. The van der Waals surface area contributed by atoms with Gasteiger partial charge in [0.05, 0.1) is 17.6 Å². The molecule has 0 saturated carbocycles. The van der Waals surface area contributed by atoms with Crippen LogP contribution in [0.3, 0.4) is 0 Å². The van der Waals surface area contributed by atoms with Crippen molar-refractivity contribution in [2.24, 2.45) is 0 Å². The van der Waals surface area contributed by atoms with Crippen LogP contribution < -0.4 is 20.0 Å². The average Bonchev–Trinajstić information content (AvgIpc) is 2.62. The summed E-state index contributed by atoms with van der Waals surface area (Å²) in [5.74, 6) is -0.0212. The van der Waals surface area contributed by atoms with E-state index in [-0.39, 0.29) is 23.4 Å². The number of nitrogens with one attached hydrogen (secondary N) is 1. The summed E-state index contributed by atoms with van der Waals surface area (Å²) < 4.78 is 29.1. The molecular formula is C16H15F2N5O3. The highest BCUT2D eigenvalue weighted by Gasteiger charge is 2.52. The maximum atomic E-state index is 12.3. The van der Waals surface area contributed by atoms with Gasteiger partial charge in [0.25, 0.3) is 5.91 Å². The minimum absolute atomic E-state index is 0.137. The van der Waals surface area contributed by atoms with Crippen molar-refractivity contribution in [2.75, 3.05) is 22.9 Å². The number of amides is 1. The van der Waals surface area contributed by atoms with Crippen LogP contribution in [0.2, 0.25) is 0 Å². The first-order chi connectivity index (χ1) is 12.6. The standard InChI is InChI=1S/C16H15F2N5O3/c17-15(18)26-11-3-1-2-10(4-11)22-7-13-12(22)8-23(13)16-19-5-9(6-20-16)14(24)21-25/h1-6,12-13,15,25H,7-8H2,(H,21,24). The van der Waals surface area contributed by atoms with Crippen LogP contribution in [-0.2, 0) is 0 Å². The monoisotopic (exact) mass is 363 g/mol. The molecule has 2 aliphatic heterocycles. The summed E-state index contributed by atoms with van der Waals surface area (Å²) >= 11 is 0. The lowest BCUT2D eigenvalue weighted by molar-refractivity contribution is -0.0498. The van der Waals surface area contributed by atoms with Gasteiger partial charge < -0.3 is 14.5 Å². The first kappa shape index (κ1) is 16.5. The number of anilines is 2. The molecular weight excluding hydrogens is 348 g/mol. The number of halogens is 2. The van der Waals surface area contributed by atoms with Crippen molar-refractivity contribution in [3.05, 3.63) is 42.2 Å². The molecule has 3 heterocycles. The van der Waals surface area contributed by atoms with Crippen LogP contribution >= 0.6 is 0 Å². The van der Waals surface area contributed by atoms with E-state index in [1.807, 2.05) is 11.0 Å². The predicted octanol–water partition coefficient (Wildman–Crippen LogP) is 1.27. The molecule has 4 rings (SSSR count). The van der Waals surface area contributed by atoms with Crippen molar-refractivity contribution >= 4 is 17.5 Å². The van der Waals surface area contributed by atoms with Crippen molar-refractivity contribution < 1.29 is 23.5 Å². The number of ether oxygens (including phenoxy) is 1. The van der Waals surface area contributed by atoms with Crippen molar-refractivity contribution in [3.8, 4) is 5.75 Å². The zero-order valence-corrected chi connectivity index (χ0v) is 13.4. The SMILES string of the molecule is O=C(NO)c1cnc(N2CC3C2CN3c2cccc(OC(F)F)c2)nc1. The Kier molecular flexibility index (Phi) is 4.03. The summed E-state index contributed by atoms with van der Waals surface area (Å²) in [5.41, 5.74) is 2.53. The van der Waals surface area contributed by atoms with E-state index in [1.54, 1.807) is 12.1 Å². The van der Waals surface area contributed by atoms with E-state index in [2.05, 4.69) is 19.6 Å². The normalized spacial score (nSPS) is 20.9. The van der Waals surface area contributed by atoms with Gasteiger partial charge in [0.15, 0.2) is 0 Å². The topological polar surface area (TPSA) is 90.8 Å². The van der Waals surface area contributed by atoms with Crippen LogP contribution in [-0.4, -0.2) is 52.9 Å². The van der Waals surface area contributed by atoms with Crippen LogP contribution in [0.1, 0.15) is 10.4 Å². The third-order valence-corrected chi connectivity index (χ3v) is 4.65. The summed E-state index contributed by atoms with van der Waals surface area (Å²) in [6.07, 6.45) is 2.70. The number of hydrogen-bond donors (Lipinski definition) is 2. The minimum Gasteiger partial charge on any atom is -0.435 e. The Morgan fingerprint density at radius 1 is 1.23 bits per heavy atom. The number of hydroxylamine groups is 1. The average molecular weight is 363 g/mol. The molecule has 0 radical (unpaired) electrons. The number of aromatic nitrogens is 2. The zero-order chi connectivity index (χ0) is 18.3. The molecule has 8 nitrogen and oxygen atoms in total. The Balaban J connectivity index is 1.40. The van der Waals surface area contributed by atoms with Gasteiger partial charge in [0.1, 0.15) is 5.75 Å². The van der Waals surface area contributed by atoms with Crippen LogP contribution in [0.25, 0.3) is 0 Å². The number of piperazine rings is 1. The first-order valence-electron chi connectivity index (χ1n) is 7.91. The van der Waals surface area contributed by atoms with Gasteiger partial charge in [0.2, 0.25) is 5.95 Å². The second-order valence-electron chi connectivity index (χ2n) is 6.03. The molecule has 1 amide bonds. The van der Waals surface area contributed by atoms with Gasteiger partial charge in [0, 0.05) is 37.2 Å². The highest BCUT2D eigenvalue weighted by atomic mass is 19.3. The fourth-order valence-corrected chi connectivity index (χ4v) is 3.27. The summed E-state index contributed by atoms with van der Waals surface area (Å²) in [5, 5.41) is 8.59. The minimum atomic E-state index is -2.85. The lowest BCUT2D eigenvalue weighted by Crippen LogP contribution is -2.79. The zero-order valence-electron chi connectivity index (χ0n) is 13.4. The Hall–Kier alpha value is -3.01. The van der Waals surface area contributed by atoms with Gasteiger partial charge in [-0.25, -0.2) is 15.4 Å². The molecule has 10 heteroatoms. The Labute approximate surface area is 147 Å². The molecule has 26 heavy (non-hydrogen) atoms. The van der Waals surface area contributed by atoms with Crippen LogP contribution in [0, 0.1) is 0 Å². The molecule has 2 saturated heterocycles. The van der Waals surface area contributed by atoms with Crippen molar-refractivity contribution in [3.63, 3.8) is 0 Å². The van der Waals surface area contributed by atoms with Crippen molar-refractivity contribution in [1.29, 1.82) is 0 Å². The van der Waals surface area contributed by atoms with Gasteiger partial charge in [-0.05, 0) is 12.1 Å². The summed E-state index contributed by atoms with van der Waals surface area (Å²) in [7, 11) is 0. The fraction of sp³-hybridized carbons (Fsp3) is 0.312. The second kappa shape index (κ2) is 6.37.